The minimum Gasteiger partial charge on any atom is -0.303 e. The molecule has 0 aromatic rings. The van der Waals surface area contributed by atoms with Crippen LogP contribution in [0.1, 0.15) is 25.7 Å². The molecule has 0 amide bonds. The molecule has 1 saturated carbocycles. The molecule has 0 saturated heterocycles. The first-order valence-electron chi connectivity index (χ1n) is 2.89. The molecule has 1 nitrogen and oxygen atoms in total. The van der Waals surface area contributed by atoms with Crippen LogP contribution in [0, 0.1) is 5.92 Å². The molecule has 1 aliphatic rings. The van der Waals surface area contributed by atoms with Gasteiger partial charge in [0.25, 0.3) is 0 Å². The van der Waals surface area contributed by atoms with Crippen molar-refractivity contribution in [1.82, 2.24) is 0 Å². The summed E-state index contributed by atoms with van der Waals surface area (Å²) in [5.74, 6) is 0.417. The van der Waals surface area contributed by atoms with E-state index in [2.05, 4.69) is 0 Å². The Morgan fingerprint density at radius 3 is 2.00 bits per heavy atom. The molecule has 0 aliphatic heterocycles. The molecule has 1 aliphatic carbocycles. The third-order valence-corrected chi connectivity index (χ3v) is 1.59. The van der Waals surface area contributed by atoms with E-state index >= 15 is 0 Å². The summed E-state index contributed by atoms with van der Waals surface area (Å²) < 4.78 is 0. The van der Waals surface area contributed by atoms with Crippen LogP contribution >= 0.6 is 0 Å². The number of aldehydes is 1. The molecule has 0 heterocycles. The van der Waals surface area contributed by atoms with Gasteiger partial charge in [0.2, 0.25) is 0 Å². The Balaban J connectivity index is 0.000000490. The van der Waals surface area contributed by atoms with E-state index in [-0.39, 0.29) is 16.5 Å². The van der Waals surface area contributed by atoms with E-state index in [1.54, 1.807) is 0 Å². The predicted molar refractivity (Wildman–Crippen MR) is 28.0 cm³/mol. The van der Waals surface area contributed by atoms with Crippen LogP contribution in [0.5, 0.6) is 0 Å². The quantitative estimate of drug-likeness (QED) is 0.414. The molecule has 50 valence electrons. The van der Waals surface area contributed by atoms with Crippen molar-refractivity contribution >= 4 is 6.29 Å². The van der Waals surface area contributed by atoms with Crippen molar-refractivity contribution in [2.75, 3.05) is 0 Å². The van der Waals surface area contributed by atoms with Crippen molar-refractivity contribution in [3.63, 3.8) is 0 Å². The molecule has 0 aromatic heterocycles. The molecule has 0 aromatic carbocycles. The Morgan fingerprint density at radius 2 is 1.75 bits per heavy atom. The van der Waals surface area contributed by atoms with Crippen LogP contribution < -0.4 is 0 Å². The fourth-order valence-electron chi connectivity index (χ4n) is 1.09. The van der Waals surface area contributed by atoms with Gasteiger partial charge in [-0.05, 0) is 12.8 Å². The third kappa shape index (κ3) is 1.96. The Bertz CT molecular complexity index is 66.9. The average Bonchev–Trinajstić information content (AvgIpc) is 2.14. The van der Waals surface area contributed by atoms with Gasteiger partial charge in [-0.15, -0.1) is 0 Å². The van der Waals surface area contributed by atoms with E-state index < -0.39 is 0 Å². The van der Waals surface area contributed by atoms with Gasteiger partial charge in [0.15, 0.2) is 0 Å². The van der Waals surface area contributed by atoms with Crippen LogP contribution in [0.2, 0.25) is 0 Å². The first kappa shape index (κ1) is 8.16. The van der Waals surface area contributed by atoms with Crippen LogP contribution in [-0.2, 0) is 21.3 Å². The molecular formula is C6H10NiO. The van der Waals surface area contributed by atoms with E-state index in [9.17, 15) is 4.79 Å². The van der Waals surface area contributed by atoms with E-state index in [0.717, 1.165) is 19.1 Å². The van der Waals surface area contributed by atoms with Crippen molar-refractivity contribution < 1.29 is 21.3 Å². The van der Waals surface area contributed by atoms with Crippen LogP contribution in [0.3, 0.4) is 0 Å². The molecular weight excluding hydrogens is 147 g/mol. The van der Waals surface area contributed by atoms with Crippen molar-refractivity contribution in [2.24, 2.45) is 5.92 Å². The minimum atomic E-state index is 0. The van der Waals surface area contributed by atoms with Gasteiger partial charge in [0, 0.05) is 22.4 Å². The van der Waals surface area contributed by atoms with Gasteiger partial charge in [-0.1, -0.05) is 12.8 Å². The zero-order chi connectivity index (χ0) is 5.11. The van der Waals surface area contributed by atoms with Crippen molar-refractivity contribution in [3.05, 3.63) is 0 Å². The summed E-state index contributed by atoms with van der Waals surface area (Å²) in [6.45, 7) is 0. The predicted octanol–water partition coefficient (Wildman–Crippen LogP) is 1.37. The summed E-state index contributed by atoms with van der Waals surface area (Å²) in [5, 5.41) is 0. The first-order valence-corrected chi connectivity index (χ1v) is 2.89. The third-order valence-electron chi connectivity index (χ3n) is 1.59. The molecule has 0 unspecified atom stereocenters. The van der Waals surface area contributed by atoms with Crippen LogP contribution in [-0.4, -0.2) is 6.29 Å². The van der Waals surface area contributed by atoms with E-state index in [1.807, 2.05) is 0 Å². The average molecular weight is 157 g/mol. The molecule has 0 bridgehead atoms. The summed E-state index contributed by atoms with van der Waals surface area (Å²) in [5.41, 5.74) is 0. The summed E-state index contributed by atoms with van der Waals surface area (Å²) >= 11 is 0. The van der Waals surface area contributed by atoms with E-state index in [4.69, 9.17) is 0 Å². The molecule has 8 heavy (non-hydrogen) atoms. The Kier molecular flexibility index (Phi) is 4.17. The van der Waals surface area contributed by atoms with Gasteiger partial charge < -0.3 is 4.79 Å². The van der Waals surface area contributed by atoms with Crippen LogP contribution in [0.25, 0.3) is 0 Å². The first-order chi connectivity index (χ1) is 3.43. The second-order valence-electron chi connectivity index (χ2n) is 2.18. The van der Waals surface area contributed by atoms with Crippen molar-refractivity contribution in [1.29, 1.82) is 0 Å². The van der Waals surface area contributed by atoms with Gasteiger partial charge in [-0.25, -0.2) is 0 Å². The maximum absolute atomic E-state index is 10.0. The van der Waals surface area contributed by atoms with Crippen molar-refractivity contribution in [3.8, 4) is 0 Å². The van der Waals surface area contributed by atoms with E-state index in [0.29, 0.717) is 5.92 Å². The molecule has 1 rings (SSSR count). The van der Waals surface area contributed by atoms with Gasteiger partial charge in [-0.3, -0.25) is 0 Å². The topological polar surface area (TPSA) is 17.1 Å². The van der Waals surface area contributed by atoms with Gasteiger partial charge in [-0.2, -0.15) is 0 Å². The molecule has 1 fully saturated rings. The van der Waals surface area contributed by atoms with Crippen molar-refractivity contribution in [2.45, 2.75) is 25.7 Å². The smallest absolute Gasteiger partial charge is 0.123 e. The molecule has 0 atom stereocenters. The fourth-order valence-corrected chi connectivity index (χ4v) is 1.09. The molecule has 0 N–H and O–H groups in total. The van der Waals surface area contributed by atoms with E-state index in [1.165, 1.54) is 12.8 Å². The zero-order valence-corrected chi connectivity index (χ0v) is 5.70. The molecule has 0 spiro atoms. The molecule has 0 radical (unpaired) electrons. The Hall–Kier alpha value is 0.164. The van der Waals surface area contributed by atoms with Crippen LogP contribution in [0.4, 0.5) is 0 Å². The standard InChI is InChI=1S/C6H10O.Ni/c7-5-6-3-1-2-4-6;/h5-6H,1-4H2;. The van der Waals surface area contributed by atoms with Gasteiger partial charge >= 0.3 is 0 Å². The normalized spacial score (nSPS) is 20.0. The Morgan fingerprint density at radius 1 is 1.25 bits per heavy atom. The Labute approximate surface area is 59.8 Å². The summed E-state index contributed by atoms with van der Waals surface area (Å²) in [7, 11) is 0. The second-order valence-corrected chi connectivity index (χ2v) is 2.18. The largest absolute Gasteiger partial charge is 0.303 e. The van der Waals surface area contributed by atoms with Crippen LogP contribution in [0.15, 0.2) is 0 Å². The number of carbonyl (C=O) groups excluding carboxylic acids is 1. The summed E-state index contributed by atoms with van der Waals surface area (Å²) in [6.07, 6.45) is 5.91. The number of rotatable bonds is 1. The SMILES string of the molecule is O=CC1CCCC1.[Ni]. The number of hydrogen-bond donors (Lipinski definition) is 0. The summed E-state index contributed by atoms with van der Waals surface area (Å²) in [4.78, 5) is 10.0. The zero-order valence-electron chi connectivity index (χ0n) is 4.71. The summed E-state index contributed by atoms with van der Waals surface area (Å²) in [6, 6.07) is 0. The molecule has 2 heteroatoms. The monoisotopic (exact) mass is 156 g/mol. The van der Waals surface area contributed by atoms with Gasteiger partial charge in [0.1, 0.15) is 6.29 Å². The second kappa shape index (κ2) is 4.08. The fraction of sp³-hybridized carbons (Fsp3) is 0.833. The van der Waals surface area contributed by atoms with Gasteiger partial charge in [0.05, 0.1) is 0 Å². The number of hydrogen-bond acceptors (Lipinski definition) is 1. The maximum atomic E-state index is 10.0. The number of carbonyl (C=O) groups is 1. The maximum Gasteiger partial charge on any atom is 0.123 e. The minimum absolute atomic E-state index is 0.